The van der Waals surface area contributed by atoms with E-state index >= 15 is 0 Å². The van der Waals surface area contributed by atoms with Crippen LogP contribution in [0.15, 0.2) is 18.2 Å². The number of hydrogen-bond acceptors (Lipinski definition) is 3. The smallest absolute Gasteiger partial charge is 0.123 e. The lowest BCUT2D eigenvalue weighted by molar-refractivity contribution is 0.0437. The molecule has 1 aromatic carbocycles. The number of benzene rings is 1. The molecule has 3 heteroatoms. The Labute approximate surface area is 95.3 Å². The van der Waals surface area contributed by atoms with E-state index in [0.29, 0.717) is 12.8 Å². The van der Waals surface area contributed by atoms with Crippen LogP contribution in [0.2, 0.25) is 0 Å². The second-order valence-electron chi connectivity index (χ2n) is 4.46. The van der Waals surface area contributed by atoms with Crippen LogP contribution < -0.4 is 4.74 Å². The molecular formula is C13H15NO2. The average Bonchev–Trinajstić information content (AvgIpc) is 2.24. The summed E-state index contributed by atoms with van der Waals surface area (Å²) in [6.07, 6.45) is 0.650. The van der Waals surface area contributed by atoms with E-state index in [-0.39, 0.29) is 6.10 Å². The monoisotopic (exact) mass is 217 g/mol. The molecule has 0 aliphatic heterocycles. The number of methoxy groups -OCH3 is 1. The molecule has 16 heavy (non-hydrogen) atoms. The molecule has 1 fully saturated rings. The largest absolute Gasteiger partial charge is 0.496 e. The summed E-state index contributed by atoms with van der Waals surface area (Å²) in [5.74, 6) is 0.735. The van der Waals surface area contributed by atoms with Gasteiger partial charge in [-0.15, -0.1) is 0 Å². The minimum atomic E-state index is -0.559. The van der Waals surface area contributed by atoms with Gasteiger partial charge >= 0.3 is 0 Å². The second kappa shape index (κ2) is 3.80. The van der Waals surface area contributed by atoms with Crippen LogP contribution in [0.3, 0.4) is 0 Å². The predicted octanol–water partition coefficient (Wildman–Crippen LogP) is 1.92. The summed E-state index contributed by atoms with van der Waals surface area (Å²) in [6, 6.07) is 8.15. The normalized spacial score (nSPS) is 28.0. The Hall–Kier alpha value is -1.53. The highest BCUT2D eigenvalue weighted by Gasteiger charge is 2.47. The van der Waals surface area contributed by atoms with Gasteiger partial charge in [-0.2, -0.15) is 5.26 Å². The number of nitrogens with zero attached hydrogens (tertiary/aromatic N) is 1. The van der Waals surface area contributed by atoms with E-state index in [2.05, 4.69) is 6.07 Å². The van der Waals surface area contributed by atoms with E-state index in [9.17, 15) is 10.4 Å². The van der Waals surface area contributed by atoms with Gasteiger partial charge in [0, 0.05) is 5.56 Å². The minimum absolute atomic E-state index is 0.357. The molecule has 2 rings (SSSR count). The first-order chi connectivity index (χ1) is 7.61. The average molecular weight is 217 g/mol. The Balaban J connectivity index is 2.46. The molecule has 0 atom stereocenters. The summed E-state index contributed by atoms with van der Waals surface area (Å²) in [5.41, 5.74) is 1.45. The highest BCUT2D eigenvalue weighted by Crippen LogP contribution is 2.46. The molecule has 1 aliphatic rings. The van der Waals surface area contributed by atoms with Crippen LogP contribution in [-0.4, -0.2) is 18.3 Å². The van der Waals surface area contributed by atoms with Crippen molar-refractivity contribution in [3.63, 3.8) is 0 Å². The van der Waals surface area contributed by atoms with Gasteiger partial charge in [-0.1, -0.05) is 17.7 Å². The Morgan fingerprint density at radius 2 is 2.19 bits per heavy atom. The number of aliphatic hydroxyl groups is 1. The molecule has 0 aromatic heterocycles. The molecule has 84 valence electrons. The van der Waals surface area contributed by atoms with E-state index in [1.807, 2.05) is 25.1 Å². The maximum absolute atomic E-state index is 9.42. The zero-order valence-corrected chi connectivity index (χ0v) is 9.53. The Bertz CT molecular complexity index is 442. The van der Waals surface area contributed by atoms with Crippen LogP contribution in [0.5, 0.6) is 5.75 Å². The van der Waals surface area contributed by atoms with Gasteiger partial charge in [0.05, 0.1) is 24.7 Å². The predicted molar refractivity (Wildman–Crippen MR) is 60.3 cm³/mol. The lowest BCUT2D eigenvalue weighted by Crippen LogP contribution is -2.43. The number of aryl methyl sites for hydroxylation is 1. The van der Waals surface area contributed by atoms with E-state index in [1.165, 1.54) is 0 Å². The third-order valence-corrected chi connectivity index (χ3v) is 3.25. The van der Waals surface area contributed by atoms with Crippen molar-refractivity contribution in [2.45, 2.75) is 31.3 Å². The van der Waals surface area contributed by atoms with Gasteiger partial charge in [0.2, 0.25) is 0 Å². The maximum atomic E-state index is 9.42. The third-order valence-electron chi connectivity index (χ3n) is 3.25. The van der Waals surface area contributed by atoms with Crippen molar-refractivity contribution in [1.29, 1.82) is 5.26 Å². The van der Waals surface area contributed by atoms with Crippen molar-refractivity contribution in [3.05, 3.63) is 29.3 Å². The van der Waals surface area contributed by atoms with Gasteiger partial charge in [-0.3, -0.25) is 0 Å². The zero-order chi connectivity index (χ0) is 11.8. The van der Waals surface area contributed by atoms with Crippen LogP contribution in [-0.2, 0) is 5.41 Å². The fourth-order valence-corrected chi connectivity index (χ4v) is 2.31. The Morgan fingerprint density at radius 3 is 2.69 bits per heavy atom. The molecule has 1 aromatic rings. The van der Waals surface area contributed by atoms with Crippen molar-refractivity contribution >= 4 is 0 Å². The summed E-state index contributed by atoms with van der Waals surface area (Å²) >= 11 is 0. The van der Waals surface area contributed by atoms with Gasteiger partial charge in [0.25, 0.3) is 0 Å². The fraction of sp³-hybridized carbons (Fsp3) is 0.462. The molecule has 0 spiro atoms. The van der Waals surface area contributed by atoms with Gasteiger partial charge in [-0.25, -0.2) is 0 Å². The van der Waals surface area contributed by atoms with Crippen LogP contribution >= 0.6 is 0 Å². The lowest BCUT2D eigenvalue weighted by Gasteiger charge is -2.40. The van der Waals surface area contributed by atoms with Crippen molar-refractivity contribution in [2.24, 2.45) is 0 Å². The van der Waals surface area contributed by atoms with E-state index in [4.69, 9.17) is 4.74 Å². The first-order valence-electron chi connectivity index (χ1n) is 5.36. The summed E-state index contributed by atoms with van der Waals surface area (Å²) in [6.45, 7) is 1.99. The van der Waals surface area contributed by atoms with Crippen molar-refractivity contribution in [3.8, 4) is 11.8 Å². The summed E-state index contributed by atoms with van der Waals surface area (Å²) < 4.78 is 5.29. The highest BCUT2D eigenvalue weighted by molar-refractivity contribution is 5.48. The molecule has 0 radical (unpaired) electrons. The molecule has 1 saturated carbocycles. The van der Waals surface area contributed by atoms with Crippen molar-refractivity contribution in [1.82, 2.24) is 0 Å². The minimum Gasteiger partial charge on any atom is -0.496 e. The van der Waals surface area contributed by atoms with Crippen molar-refractivity contribution < 1.29 is 9.84 Å². The van der Waals surface area contributed by atoms with Crippen molar-refractivity contribution in [2.75, 3.05) is 7.11 Å². The molecule has 0 saturated heterocycles. The standard InChI is InChI=1S/C13H15NO2/c1-9-3-4-12(16-2)11(5-9)13(8-14)6-10(15)7-13/h3-5,10,15H,6-7H2,1-2H3. The fourth-order valence-electron chi connectivity index (χ4n) is 2.31. The van der Waals surface area contributed by atoms with Gasteiger partial charge in [0.15, 0.2) is 0 Å². The van der Waals surface area contributed by atoms with Crippen LogP contribution in [0.25, 0.3) is 0 Å². The van der Waals surface area contributed by atoms with Crippen LogP contribution in [0.1, 0.15) is 24.0 Å². The maximum Gasteiger partial charge on any atom is 0.123 e. The lowest BCUT2D eigenvalue weighted by atomic mass is 9.63. The molecular weight excluding hydrogens is 202 g/mol. The molecule has 0 amide bonds. The van der Waals surface area contributed by atoms with Gasteiger partial charge in [-0.05, 0) is 25.8 Å². The zero-order valence-electron chi connectivity index (χ0n) is 9.53. The first kappa shape index (κ1) is 11.0. The summed E-state index contributed by atoms with van der Waals surface area (Å²) in [4.78, 5) is 0. The van der Waals surface area contributed by atoms with Crippen LogP contribution in [0.4, 0.5) is 0 Å². The topological polar surface area (TPSA) is 53.2 Å². The molecule has 0 bridgehead atoms. The van der Waals surface area contributed by atoms with Crippen LogP contribution in [0, 0.1) is 18.3 Å². The number of rotatable bonds is 2. The highest BCUT2D eigenvalue weighted by atomic mass is 16.5. The Kier molecular flexibility index (Phi) is 2.61. The SMILES string of the molecule is COc1ccc(C)cc1C1(C#N)CC(O)C1. The van der Waals surface area contributed by atoms with Gasteiger partial charge in [0.1, 0.15) is 5.75 Å². The second-order valence-corrected chi connectivity index (χ2v) is 4.46. The third kappa shape index (κ3) is 1.56. The number of nitriles is 1. The Morgan fingerprint density at radius 1 is 1.50 bits per heavy atom. The molecule has 0 heterocycles. The number of ether oxygens (including phenoxy) is 1. The van der Waals surface area contributed by atoms with E-state index < -0.39 is 5.41 Å². The van der Waals surface area contributed by atoms with Gasteiger partial charge < -0.3 is 9.84 Å². The summed E-state index contributed by atoms with van der Waals surface area (Å²) in [7, 11) is 1.61. The number of hydrogen-bond donors (Lipinski definition) is 1. The first-order valence-corrected chi connectivity index (χ1v) is 5.36. The molecule has 3 nitrogen and oxygen atoms in total. The summed E-state index contributed by atoms with van der Waals surface area (Å²) in [5, 5.41) is 18.7. The van der Waals surface area contributed by atoms with E-state index in [0.717, 1.165) is 16.9 Å². The molecule has 0 unspecified atom stereocenters. The molecule has 1 N–H and O–H groups in total. The van der Waals surface area contributed by atoms with E-state index in [1.54, 1.807) is 7.11 Å². The quantitative estimate of drug-likeness (QED) is 0.823. The number of aliphatic hydroxyl groups excluding tert-OH is 1. The molecule has 1 aliphatic carbocycles.